The number of piperidine rings is 1. The van der Waals surface area contributed by atoms with Crippen LogP contribution in [0.3, 0.4) is 0 Å². The van der Waals surface area contributed by atoms with E-state index in [0.717, 1.165) is 17.7 Å². The third-order valence-corrected chi connectivity index (χ3v) is 9.73. The Kier molecular flexibility index (Phi) is 6.19. The first-order valence-electron chi connectivity index (χ1n) is 10.3. The van der Waals surface area contributed by atoms with E-state index in [0.29, 0.717) is 35.1 Å². The maximum absolute atomic E-state index is 13.1. The van der Waals surface area contributed by atoms with Crippen LogP contribution in [0.25, 0.3) is 10.6 Å². The first-order valence-corrected chi connectivity index (χ1v) is 12.6. The molecule has 1 N–H and O–H groups in total. The maximum Gasteiger partial charge on any atom is 0.264 e. The lowest BCUT2D eigenvalue weighted by atomic mass is 9.92. The Bertz CT molecular complexity index is 967. The van der Waals surface area contributed by atoms with Gasteiger partial charge in [0.05, 0.1) is 4.88 Å². The van der Waals surface area contributed by atoms with Gasteiger partial charge in [0.25, 0.3) is 15.6 Å². The zero-order valence-electron chi connectivity index (χ0n) is 16.7. The Morgan fingerprint density at radius 3 is 2.38 bits per heavy atom. The maximum atomic E-state index is 13.1. The lowest BCUT2D eigenvalue weighted by molar-refractivity contribution is 0.100. The molecule has 1 saturated heterocycles. The molecule has 0 spiro atoms. The Morgan fingerprint density at radius 2 is 1.72 bits per heavy atom. The fourth-order valence-corrected chi connectivity index (χ4v) is 7.38. The van der Waals surface area contributed by atoms with E-state index < -0.39 is 10.0 Å². The molecule has 0 amide bonds. The quantitative estimate of drug-likeness (QED) is 0.779. The molecule has 0 unspecified atom stereocenters. The Balaban J connectivity index is 1.41. The molecule has 1 aliphatic heterocycles. The fraction of sp³-hybridized carbons (Fsp3) is 0.600. The summed E-state index contributed by atoms with van der Waals surface area (Å²) in [5.74, 6) is 0. The molecule has 29 heavy (non-hydrogen) atoms. The van der Waals surface area contributed by atoms with Gasteiger partial charge >= 0.3 is 0 Å². The van der Waals surface area contributed by atoms with Crippen molar-refractivity contribution in [3.05, 3.63) is 34.6 Å². The molecule has 4 rings (SSSR count). The number of nitrogens with one attached hydrogen (secondary N) is 1. The molecule has 2 aliphatic rings. The van der Waals surface area contributed by atoms with Gasteiger partial charge in [0, 0.05) is 31.2 Å². The van der Waals surface area contributed by atoms with Crippen LogP contribution in [0, 0.1) is 0 Å². The minimum Gasteiger partial charge on any atom is -0.300 e. The summed E-state index contributed by atoms with van der Waals surface area (Å²) in [6.45, 7) is 1.13. The SMILES string of the molecule is CN(C1CCCCC1)C1CCN(S(=O)(=O)c2ccc(-c3ccc(=O)[nH]n3)s2)CC1. The molecule has 2 aromatic heterocycles. The molecule has 158 valence electrons. The van der Waals surface area contributed by atoms with Crippen molar-refractivity contribution in [1.82, 2.24) is 19.4 Å². The van der Waals surface area contributed by atoms with Crippen molar-refractivity contribution in [2.75, 3.05) is 20.1 Å². The molecule has 9 heteroatoms. The van der Waals surface area contributed by atoms with Gasteiger partial charge in [-0.25, -0.2) is 13.5 Å². The molecule has 3 heterocycles. The summed E-state index contributed by atoms with van der Waals surface area (Å²) in [6.07, 6.45) is 8.27. The molecule has 0 aromatic carbocycles. The van der Waals surface area contributed by atoms with Crippen molar-refractivity contribution in [1.29, 1.82) is 0 Å². The van der Waals surface area contributed by atoms with Crippen LogP contribution in [0.15, 0.2) is 33.3 Å². The van der Waals surface area contributed by atoms with Gasteiger partial charge in [-0.3, -0.25) is 4.79 Å². The lowest BCUT2D eigenvalue weighted by Crippen LogP contribution is -2.48. The minimum atomic E-state index is -3.50. The van der Waals surface area contributed by atoms with Gasteiger partial charge in [0.15, 0.2) is 0 Å². The predicted molar refractivity (Wildman–Crippen MR) is 115 cm³/mol. The summed E-state index contributed by atoms with van der Waals surface area (Å²) < 4.78 is 28.2. The van der Waals surface area contributed by atoms with Crippen LogP contribution >= 0.6 is 11.3 Å². The predicted octanol–water partition coefficient (Wildman–Crippen LogP) is 2.92. The molecule has 0 bridgehead atoms. The first-order chi connectivity index (χ1) is 13.9. The highest BCUT2D eigenvalue weighted by Crippen LogP contribution is 2.33. The highest BCUT2D eigenvalue weighted by molar-refractivity contribution is 7.91. The smallest absolute Gasteiger partial charge is 0.264 e. The lowest BCUT2D eigenvalue weighted by Gasteiger charge is -2.41. The zero-order chi connectivity index (χ0) is 20.4. The minimum absolute atomic E-state index is 0.279. The number of aromatic nitrogens is 2. The Labute approximate surface area is 175 Å². The number of aromatic amines is 1. The number of H-pyrrole nitrogens is 1. The van der Waals surface area contributed by atoms with Crippen molar-refractivity contribution in [2.24, 2.45) is 0 Å². The van der Waals surface area contributed by atoms with E-state index in [4.69, 9.17) is 0 Å². The molecule has 7 nitrogen and oxygen atoms in total. The van der Waals surface area contributed by atoms with Crippen LogP contribution in [-0.2, 0) is 10.0 Å². The third kappa shape index (κ3) is 4.47. The van der Waals surface area contributed by atoms with Crippen LogP contribution in [-0.4, -0.2) is 60.0 Å². The van der Waals surface area contributed by atoms with E-state index in [-0.39, 0.29) is 5.56 Å². The van der Waals surface area contributed by atoms with E-state index in [1.807, 2.05) is 0 Å². The van der Waals surface area contributed by atoms with Gasteiger partial charge in [0.1, 0.15) is 9.90 Å². The summed E-state index contributed by atoms with van der Waals surface area (Å²) in [4.78, 5) is 14.4. The number of sulfonamides is 1. The topological polar surface area (TPSA) is 86.4 Å². The second-order valence-corrected chi connectivity index (χ2v) is 11.3. The van der Waals surface area contributed by atoms with Gasteiger partial charge in [-0.2, -0.15) is 9.40 Å². The molecule has 0 radical (unpaired) electrons. The molecule has 1 saturated carbocycles. The van der Waals surface area contributed by atoms with E-state index >= 15 is 0 Å². The summed E-state index contributed by atoms with van der Waals surface area (Å²) >= 11 is 1.20. The summed E-state index contributed by atoms with van der Waals surface area (Å²) in [7, 11) is -1.28. The molecule has 2 aromatic rings. The molecule has 1 aliphatic carbocycles. The van der Waals surface area contributed by atoms with E-state index in [1.165, 1.54) is 49.5 Å². The summed E-state index contributed by atoms with van der Waals surface area (Å²) in [6, 6.07) is 7.51. The zero-order valence-corrected chi connectivity index (χ0v) is 18.3. The van der Waals surface area contributed by atoms with Crippen molar-refractivity contribution in [3.63, 3.8) is 0 Å². The van der Waals surface area contributed by atoms with Gasteiger partial charge in [0.2, 0.25) is 0 Å². The first kappa shape index (κ1) is 20.7. The largest absolute Gasteiger partial charge is 0.300 e. The van der Waals surface area contributed by atoms with Gasteiger partial charge in [-0.1, -0.05) is 19.3 Å². The number of nitrogens with zero attached hydrogens (tertiary/aromatic N) is 3. The average molecular weight is 437 g/mol. The number of rotatable bonds is 5. The average Bonchev–Trinajstić information content (AvgIpc) is 3.26. The van der Waals surface area contributed by atoms with Crippen LogP contribution in [0.5, 0.6) is 0 Å². The van der Waals surface area contributed by atoms with Crippen LogP contribution < -0.4 is 5.56 Å². The van der Waals surface area contributed by atoms with Crippen LogP contribution in [0.2, 0.25) is 0 Å². The normalized spacial score (nSPS) is 20.3. The van der Waals surface area contributed by atoms with Gasteiger partial charge in [-0.15, -0.1) is 11.3 Å². The molecule has 0 atom stereocenters. The second-order valence-electron chi connectivity index (χ2n) is 8.02. The highest BCUT2D eigenvalue weighted by Gasteiger charge is 2.33. The number of thiophene rings is 1. The van der Waals surface area contributed by atoms with E-state index in [2.05, 4.69) is 22.1 Å². The molecular weight excluding hydrogens is 408 g/mol. The van der Waals surface area contributed by atoms with Crippen LogP contribution in [0.1, 0.15) is 44.9 Å². The third-order valence-electron chi connectivity index (χ3n) is 6.26. The van der Waals surface area contributed by atoms with Crippen molar-refractivity contribution < 1.29 is 8.42 Å². The standard InChI is InChI=1S/C20H28N4O3S2/c1-23(15-5-3-2-4-6-15)16-11-13-24(14-12-16)29(26,27)20-10-8-18(28-20)17-7-9-19(25)22-21-17/h7-10,15-16H,2-6,11-14H2,1H3,(H,22,25). The fourth-order valence-electron chi connectivity index (χ4n) is 4.48. The van der Waals surface area contributed by atoms with Gasteiger partial charge < -0.3 is 4.90 Å². The second kappa shape index (κ2) is 8.67. The van der Waals surface area contributed by atoms with E-state index in [1.54, 1.807) is 22.5 Å². The van der Waals surface area contributed by atoms with Crippen LogP contribution in [0.4, 0.5) is 0 Å². The number of hydrogen-bond acceptors (Lipinski definition) is 6. The summed E-state index contributed by atoms with van der Waals surface area (Å²) in [5.41, 5.74) is 0.295. The number of hydrogen-bond donors (Lipinski definition) is 1. The molecular formula is C20H28N4O3S2. The van der Waals surface area contributed by atoms with Crippen molar-refractivity contribution in [2.45, 2.75) is 61.2 Å². The Morgan fingerprint density at radius 1 is 1.03 bits per heavy atom. The van der Waals surface area contributed by atoms with Gasteiger partial charge in [-0.05, 0) is 50.9 Å². The van der Waals surface area contributed by atoms with Crippen molar-refractivity contribution >= 4 is 21.4 Å². The molecule has 2 fully saturated rings. The highest BCUT2D eigenvalue weighted by atomic mass is 32.2. The monoisotopic (exact) mass is 436 g/mol. The van der Waals surface area contributed by atoms with Crippen molar-refractivity contribution in [3.8, 4) is 10.6 Å². The Hall–Kier alpha value is -1.55. The van der Waals surface area contributed by atoms with E-state index in [9.17, 15) is 13.2 Å². The summed E-state index contributed by atoms with van der Waals surface area (Å²) in [5, 5.41) is 6.38.